The lowest BCUT2D eigenvalue weighted by molar-refractivity contribution is -0.274. The number of pyridine rings is 1. The van der Waals surface area contributed by atoms with E-state index >= 15 is 0 Å². The minimum atomic E-state index is -4.81. The van der Waals surface area contributed by atoms with E-state index in [9.17, 15) is 22.2 Å². The summed E-state index contributed by atoms with van der Waals surface area (Å²) in [5, 5.41) is 3.06. The Morgan fingerprint density at radius 3 is 2.44 bits per heavy atom. The molecule has 186 valence electrons. The van der Waals surface area contributed by atoms with Crippen molar-refractivity contribution in [1.29, 1.82) is 0 Å². The van der Waals surface area contributed by atoms with Crippen LogP contribution in [0.25, 0.3) is 16.9 Å². The van der Waals surface area contributed by atoms with Crippen molar-refractivity contribution < 1.29 is 22.1 Å². The van der Waals surface area contributed by atoms with Crippen LogP contribution >= 0.6 is 0 Å². The van der Waals surface area contributed by atoms with Gasteiger partial charge in [0.1, 0.15) is 11.6 Å². The van der Waals surface area contributed by atoms with Gasteiger partial charge < -0.3 is 4.74 Å². The average Bonchev–Trinajstić information content (AvgIpc) is 3.05. The standard InChI is InChI=1S/C25H21F3N4O3S/c1-16-5-11-19(12-6-16)36(2,34)31-15-13-21-22(20-4-3-14-29-23(20)31)30-32(24(21)33)17-7-9-18(10-8-17)35-25(26,27)28/h3-12,14,30H,2,13,15H2,1H3. The maximum absolute atomic E-state index is 13.9. The van der Waals surface area contributed by atoms with Gasteiger partial charge in [0.25, 0.3) is 5.56 Å². The first-order valence-electron chi connectivity index (χ1n) is 10.9. The Labute approximate surface area is 204 Å². The summed E-state index contributed by atoms with van der Waals surface area (Å²) in [6.07, 6.45) is -2.98. The van der Waals surface area contributed by atoms with Crippen molar-refractivity contribution in [2.75, 3.05) is 10.8 Å². The van der Waals surface area contributed by atoms with Crippen LogP contribution in [0.1, 0.15) is 11.1 Å². The molecule has 11 heteroatoms. The van der Waals surface area contributed by atoms with Gasteiger partial charge in [-0.2, -0.15) is 0 Å². The van der Waals surface area contributed by atoms with E-state index in [0.29, 0.717) is 33.2 Å². The fourth-order valence-corrected chi connectivity index (χ4v) is 5.81. The van der Waals surface area contributed by atoms with Crippen LogP contribution in [0.15, 0.2) is 76.6 Å². The Kier molecular flexibility index (Phi) is 5.67. The maximum atomic E-state index is 13.9. The lowest BCUT2D eigenvalue weighted by atomic mass is 10.1. The average molecular weight is 515 g/mol. The number of aromatic nitrogens is 3. The van der Waals surface area contributed by atoms with Crippen LogP contribution in [-0.4, -0.2) is 37.8 Å². The molecule has 7 nitrogen and oxygen atoms in total. The Hall–Kier alpha value is -3.99. The summed E-state index contributed by atoms with van der Waals surface area (Å²) in [6, 6.07) is 15.7. The molecule has 1 unspecified atom stereocenters. The number of H-pyrrole nitrogens is 1. The van der Waals surface area contributed by atoms with Crippen LogP contribution in [0.4, 0.5) is 19.0 Å². The predicted octanol–water partition coefficient (Wildman–Crippen LogP) is 4.49. The van der Waals surface area contributed by atoms with Crippen LogP contribution in [0.3, 0.4) is 0 Å². The summed E-state index contributed by atoms with van der Waals surface area (Å²) < 4.78 is 58.2. The van der Waals surface area contributed by atoms with Gasteiger partial charge in [0.2, 0.25) is 0 Å². The molecule has 0 aliphatic carbocycles. The number of hydrogen-bond donors (Lipinski definition) is 1. The van der Waals surface area contributed by atoms with Gasteiger partial charge in [-0.1, -0.05) is 17.7 Å². The van der Waals surface area contributed by atoms with Crippen molar-refractivity contribution in [2.45, 2.75) is 24.6 Å². The second-order valence-electron chi connectivity index (χ2n) is 8.33. The molecule has 0 saturated carbocycles. The molecule has 3 heterocycles. The molecule has 5 rings (SSSR count). The van der Waals surface area contributed by atoms with Gasteiger partial charge >= 0.3 is 6.36 Å². The van der Waals surface area contributed by atoms with Crippen molar-refractivity contribution in [2.24, 2.45) is 0 Å². The van der Waals surface area contributed by atoms with Crippen molar-refractivity contribution >= 4 is 21.4 Å². The van der Waals surface area contributed by atoms with E-state index in [2.05, 4.69) is 20.7 Å². The first-order chi connectivity index (χ1) is 17.0. The molecule has 1 aliphatic heterocycles. The highest BCUT2D eigenvalue weighted by atomic mass is 32.2. The first kappa shape index (κ1) is 23.7. The summed E-state index contributed by atoms with van der Waals surface area (Å²) >= 11 is 0. The van der Waals surface area contributed by atoms with Gasteiger partial charge in [-0.25, -0.2) is 13.9 Å². The zero-order valence-electron chi connectivity index (χ0n) is 19.1. The van der Waals surface area contributed by atoms with E-state index in [1.165, 1.54) is 16.8 Å². The second kappa shape index (κ2) is 8.59. The second-order valence-corrected chi connectivity index (χ2v) is 10.5. The number of aromatic amines is 1. The van der Waals surface area contributed by atoms with E-state index in [4.69, 9.17) is 0 Å². The number of nitrogens with zero attached hydrogens (tertiary/aromatic N) is 3. The Morgan fingerprint density at radius 2 is 1.78 bits per heavy atom. The summed E-state index contributed by atoms with van der Waals surface area (Å²) in [5.41, 5.74) is 2.52. The van der Waals surface area contributed by atoms with Crippen molar-refractivity contribution in [1.82, 2.24) is 14.8 Å². The molecule has 2 aromatic carbocycles. The maximum Gasteiger partial charge on any atom is 0.573 e. The van der Waals surface area contributed by atoms with E-state index < -0.39 is 16.1 Å². The number of alkyl halides is 3. The first-order valence-corrected chi connectivity index (χ1v) is 12.6. The van der Waals surface area contributed by atoms with Gasteiger partial charge in [-0.05, 0) is 67.7 Å². The molecular formula is C25H21F3N4O3S. The largest absolute Gasteiger partial charge is 0.573 e. The van der Waals surface area contributed by atoms with E-state index in [-0.39, 0.29) is 24.3 Å². The highest BCUT2D eigenvalue weighted by molar-refractivity contribution is 8.01. The van der Waals surface area contributed by atoms with E-state index in [1.807, 2.05) is 19.1 Å². The highest BCUT2D eigenvalue weighted by Crippen LogP contribution is 2.36. The number of halogens is 3. The summed E-state index contributed by atoms with van der Waals surface area (Å²) in [7, 11) is -2.96. The van der Waals surface area contributed by atoms with Crippen molar-refractivity contribution in [3.63, 3.8) is 0 Å². The third-order valence-corrected chi connectivity index (χ3v) is 7.99. The van der Waals surface area contributed by atoms with E-state index in [0.717, 1.165) is 17.7 Å². The third-order valence-electron chi connectivity index (χ3n) is 5.92. The third kappa shape index (κ3) is 4.26. The monoisotopic (exact) mass is 514 g/mol. The molecule has 0 bridgehead atoms. The van der Waals surface area contributed by atoms with Crippen LogP contribution < -0.4 is 14.6 Å². The Morgan fingerprint density at radius 1 is 1.08 bits per heavy atom. The minimum Gasteiger partial charge on any atom is -0.406 e. The summed E-state index contributed by atoms with van der Waals surface area (Å²) in [4.78, 5) is 18.4. The molecule has 0 radical (unpaired) electrons. The molecular weight excluding hydrogens is 493 g/mol. The van der Waals surface area contributed by atoms with Crippen LogP contribution in [0.2, 0.25) is 0 Å². The Balaban J connectivity index is 1.57. The number of nitrogens with one attached hydrogen (secondary N) is 1. The van der Waals surface area contributed by atoms with Gasteiger partial charge in [-0.15, -0.1) is 13.2 Å². The van der Waals surface area contributed by atoms with Crippen molar-refractivity contribution in [3.05, 3.63) is 88.3 Å². The quantitative estimate of drug-likeness (QED) is 0.407. The summed E-state index contributed by atoms with van der Waals surface area (Å²) in [6.45, 7) is 2.16. The zero-order chi connectivity index (χ0) is 25.7. The fourth-order valence-electron chi connectivity index (χ4n) is 4.18. The van der Waals surface area contributed by atoms with Gasteiger partial charge in [0.05, 0.1) is 21.1 Å². The molecule has 0 amide bonds. The van der Waals surface area contributed by atoms with Crippen LogP contribution in [-0.2, 0) is 16.1 Å². The van der Waals surface area contributed by atoms with E-state index in [1.54, 1.807) is 34.8 Å². The molecule has 1 aliphatic rings. The predicted molar refractivity (Wildman–Crippen MR) is 132 cm³/mol. The number of aryl methyl sites for hydroxylation is 1. The van der Waals surface area contributed by atoms with Crippen molar-refractivity contribution in [3.8, 4) is 22.7 Å². The number of benzene rings is 2. The smallest absolute Gasteiger partial charge is 0.406 e. The summed E-state index contributed by atoms with van der Waals surface area (Å²) in [5.74, 6) is 4.06. The topological polar surface area (TPSA) is 80.2 Å². The number of hydrogen-bond acceptors (Lipinski definition) is 4. The van der Waals surface area contributed by atoms with Crippen LogP contribution in [0, 0.1) is 6.92 Å². The lowest BCUT2D eigenvalue weighted by Crippen LogP contribution is -2.33. The lowest BCUT2D eigenvalue weighted by Gasteiger charge is -2.27. The van der Waals surface area contributed by atoms with Gasteiger partial charge in [-0.3, -0.25) is 14.2 Å². The molecule has 0 fully saturated rings. The molecule has 36 heavy (non-hydrogen) atoms. The molecule has 0 spiro atoms. The number of anilines is 1. The molecule has 2 aromatic heterocycles. The Bertz CT molecular complexity index is 1590. The molecule has 1 N–H and O–H groups in total. The number of ether oxygens (including phenoxy) is 1. The molecule has 1 atom stereocenters. The fraction of sp³-hybridized carbons (Fsp3) is 0.160. The van der Waals surface area contributed by atoms with Gasteiger partial charge in [0, 0.05) is 28.8 Å². The normalized spacial score (nSPS) is 14.9. The van der Waals surface area contributed by atoms with Gasteiger partial charge in [0.15, 0.2) is 0 Å². The minimum absolute atomic E-state index is 0.221. The highest BCUT2D eigenvalue weighted by Gasteiger charge is 2.32. The molecule has 0 saturated heterocycles. The zero-order valence-corrected chi connectivity index (χ0v) is 19.9. The SMILES string of the molecule is C=S(=O)(c1ccc(C)cc1)N1CCc2c([nH]n(-c3ccc(OC(F)(F)F)cc3)c2=O)-c2cccnc21. The van der Waals surface area contributed by atoms with Crippen LogP contribution in [0.5, 0.6) is 5.75 Å². The number of fused-ring (bicyclic) bond motifs is 3. The number of rotatable bonds is 4. The molecule has 4 aromatic rings.